The minimum absolute atomic E-state index is 0.0621. The van der Waals surface area contributed by atoms with Crippen LogP contribution in [0.4, 0.5) is 11.4 Å². The second kappa shape index (κ2) is 8.03. The van der Waals surface area contributed by atoms with Gasteiger partial charge in [-0.2, -0.15) is 0 Å². The fraction of sp³-hybridized carbons (Fsp3) is 0.286. The first-order valence-electron chi connectivity index (χ1n) is 8.86. The van der Waals surface area contributed by atoms with Crippen LogP contribution in [-0.2, 0) is 16.0 Å². The summed E-state index contributed by atoms with van der Waals surface area (Å²) in [6.07, 6.45) is 1.40. The van der Waals surface area contributed by atoms with Crippen LogP contribution < -0.4 is 15.0 Å². The second-order valence-corrected chi connectivity index (χ2v) is 6.47. The van der Waals surface area contributed by atoms with Crippen molar-refractivity contribution in [2.75, 3.05) is 23.9 Å². The third kappa shape index (κ3) is 4.16. The molecule has 0 bridgehead atoms. The minimum Gasteiger partial charge on any atom is -0.496 e. The Morgan fingerprint density at radius 2 is 1.96 bits per heavy atom. The Labute approximate surface area is 158 Å². The van der Waals surface area contributed by atoms with Crippen molar-refractivity contribution in [3.8, 4) is 5.75 Å². The van der Waals surface area contributed by atoms with Crippen molar-refractivity contribution in [3.05, 3.63) is 53.6 Å². The molecule has 6 nitrogen and oxygen atoms in total. The summed E-state index contributed by atoms with van der Waals surface area (Å²) in [5.74, 6) is 0.302. The quantitative estimate of drug-likeness (QED) is 0.797. The zero-order chi connectivity index (χ0) is 19.4. The molecule has 0 spiro atoms. The van der Waals surface area contributed by atoms with Gasteiger partial charge in [0.05, 0.1) is 24.9 Å². The molecule has 1 aliphatic rings. The van der Waals surface area contributed by atoms with Gasteiger partial charge in [0.2, 0.25) is 11.8 Å². The number of para-hydroxylation sites is 2. The molecule has 1 fully saturated rings. The van der Waals surface area contributed by atoms with Crippen LogP contribution in [0.5, 0.6) is 5.75 Å². The average Bonchev–Trinajstić information content (AvgIpc) is 3.07. The summed E-state index contributed by atoms with van der Waals surface area (Å²) in [6, 6.07) is 12.3. The predicted molar refractivity (Wildman–Crippen MR) is 103 cm³/mol. The smallest absolute Gasteiger partial charge is 0.228 e. The third-order valence-electron chi connectivity index (χ3n) is 4.58. The Bertz CT molecular complexity index is 892. The van der Waals surface area contributed by atoms with Gasteiger partial charge in [0.1, 0.15) is 5.75 Å². The van der Waals surface area contributed by atoms with Gasteiger partial charge in [-0.15, -0.1) is 0 Å². The van der Waals surface area contributed by atoms with Gasteiger partial charge in [-0.25, -0.2) is 0 Å². The first-order chi connectivity index (χ1) is 13.0. The number of anilines is 2. The number of nitrogens with zero attached hydrogens (tertiary/aromatic N) is 1. The van der Waals surface area contributed by atoms with Crippen molar-refractivity contribution < 1.29 is 19.1 Å². The molecule has 1 N–H and O–H groups in total. The maximum Gasteiger partial charge on any atom is 0.228 e. The molecule has 3 rings (SSSR count). The molecule has 2 aromatic rings. The SMILES string of the molecule is COc1ccc(C(C)=O)cc1CC(=O)Nc1ccccc1N1CCCC1=O. The number of ketones is 1. The second-order valence-electron chi connectivity index (χ2n) is 6.47. The number of nitrogens with one attached hydrogen (secondary N) is 1. The Kier molecular flexibility index (Phi) is 5.54. The van der Waals surface area contributed by atoms with Crippen molar-refractivity contribution in [1.29, 1.82) is 0 Å². The van der Waals surface area contributed by atoms with E-state index in [1.165, 1.54) is 14.0 Å². The van der Waals surface area contributed by atoms with E-state index >= 15 is 0 Å². The number of carbonyl (C=O) groups excluding carboxylic acids is 3. The summed E-state index contributed by atoms with van der Waals surface area (Å²) in [4.78, 5) is 38.0. The lowest BCUT2D eigenvalue weighted by molar-refractivity contribution is -0.117. The van der Waals surface area contributed by atoms with Crippen LogP contribution in [0.15, 0.2) is 42.5 Å². The monoisotopic (exact) mass is 366 g/mol. The van der Waals surface area contributed by atoms with Crippen LogP contribution in [0.1, 0.15) is 35.7 Å². The van der Waals surface area contributed by atoms with Crippen LogP contribution in [0.3, 0.4) is 0 Å². The van der Waals surface area contributed by atoms with Gasteiger partial charge in [0.25, 0.3) is 0 Å². The molecule has 1 heterocycles. The first-order valence-corrected chi connectivity index (χ1v) is 8.86. The first kappa shape index (κ1) is 18.6. The number of benzene rings is 2. The van der Waals surface area contributed by atoms with E-state index < -0.39 is 0 Å². The predicted octanol–water partition coefficient (Wildman–Crippen LogP) is 3.21. The minimum atomic E-state index is -0.243. The lowest BCUT2D eigenvalue weighted by Gasteiger charge is -2.20. The summed E-state index contributed by atoms with van der Waals surface area (Å²) >= 11 is 0. The number of methoxy groups -OCH3 is 1. The Hall–Kier alpha value is -3.15. The molecule has 1 saturated heterocycles. The summed E-state index contributed by atoms with van der Waals surface area (Å²) < 4.78 is 5.31. The van der Waals surface area contributed by atoms with E-state index in [4.69, 9.17) is 4.74 Å². The Morgan fingerprint density at radius 1 is 1.19 bits per heavy atom. The number of ether oxygens (including phenoxy) is 1. The van der Waals surface area contributed by atoms with Crippen molar-refractivity contribution in [1.82, 2.24) is 0 Å². The molecule has 0 saturated carbocycles. The number of hydrogen-bond acceptors (Lipinski definition) is 4. The molecule has 0 radical (unpaired) electrons. The zero-order valence-corrected chi connectivity index (χ0v) is 15.5. The normalized spacial score (nSPS) is 13.6. The number of amides is 2. The van der Waals surface area contributed by atoms with Gasteiger partial charge in [0.15, 0.2) is 5.78 Å². The van der Waals surface area contributed by atoms with E-state index in [9.17, 15) is 14.4 Å². The molecule has 0 unspecified atom stereocenters. The molecule has 0 atom stereocenters. The maximum atomic E-state index is 12.6. The van der Waals surface area contributed by atoms with Crippen molar-refractivity contribution in [3.63, 3.8) is 0 Å². The van der Waals surface area contributed by atoms with Crippen molar-refractivity contribution in [2.45, 2.75) is 26.2 Å². The lowest BCUT2D eigenvalue weighted by Crippen LogP contribution is -2.26. The van der Waals surface area contributed by atoms with Crippen LogP contribution in [0.2, 0.25) is 0 Å². The summed E-state index contributed by atoms with van der Waals surface area (Å²) in [5.41, 5.74) is 2.47. The van der Waals surface area contributed by atoms with Gasteiger partial charge in [0, 0.05) is 24.1 Å². The maximum absolute atomic E-state index is 12.6. The van der Waals surface area contributed by atoms with Crippen LogP contribution in [0, 0.1) is 0 Å². The highest BCUT2D eigenvalue weighted by Crippen LogP contribution is 2.30. The Morgan fingerprint density at radius 3 is 2.63 bits per heavy atom. The van der Waals surface area contributed by atoms with Crippen LogP contribution in [0.25, 0.3) is 0 Å². The third-order valence-corrected chi connectivity index (χ3v) is 4.58. The number of Topliss-reactive ketones (excluding diaryl/α,β-unsaturated/α-hetero) is 1. The highest BCUT2D eigenvalue weighted by Gasteiger charge is 2.24. The van der Waals surface area contributed by atoms with E-state index in [0.29, 0.717) is 41.2 Å². The van der Waals surface area contributed by atoms with E-state index in [1.807, 2.05) is 18.2 Å². The van der Waals surface area contributed by atoms with Gasteiger partial charge in [-0.05, 0) is 43.7 Å². The van der Waals surface area contributed by atoms with E-state index in [-0.39, 0.29) is 24.0 Å². The Balaban J connectivity index is 1.80. The van der Waals surface area contributed by atoms with Crippen molar-refractivity contribution >= 4 is 29.0 Å². The zero-order valence-electron chi connectivity index (χ0n) is 15.5. The summed E-state index contributed by atoms with van der Waals surface area (Å²) in [6.45, 7) is 2.13. The fourth-order valence-corrected chi connectivity index (χ4v) is 3.22. The topological polar surface area (TPSA) is 75.7 Å². The average molecular weight is 366 g/mol. The molecular weight excluding hydrogens is 344 g/mol. The summed E-state index contributed by atoms with van der Waals surface area (Å²) in [5, 5.41) is 2.88. The largest absolute Gasteiger partial charge is 0.496 e. The van der Waals surface area contributed by atoms with E-state index in [2.05, 4.69) is 5.32 Å². The van der Waals surface area contributed by atoms with Gasteiger partial charge >= 0.3 is 0 Å². The van der Waals surface area contributed by atoms with E-state index in [1.54, 1.807) is 29.2 Å². The van der Waals surface area contributed by atoms with Gasteiger partial charge < -0.3 is 15.0 Å². The highest BCUT2D eigenvalue weighted by molar-refractivity contribution is 6.02. The summed E-state index contributed by atoms with van der Waals surface area (Å²) in [7, 11) is 1.53. The van der Waals surface area contributed by atoms with Gasteiger partial charge in [-0.1, -0.05) is 12.1 Å². The molecule has 0 aromatic heterocycles. The molecule has 6 heteroatoms. The molecule has 1 aliphatic heterocycles. The lowest BCUT2D eigenvalue weighted by atomic mass is 10.0. The standard InChI is InChI=1S/C21H22N2O4/c1-14(24)15-9-10-19(27-2)16(12-15)13-20(25)22-17-6-3-4-7-18(17)23-11-5-8-21(23)26/h3-4,6-7,9-10,12H,5,8,11,13H2,1-2H3,(H,22,25). The molecule has 2 amide bonds. The molecule has 27 heavy (non-hydrogen) atoms. The molecule has 2 aromatic carbocycles. The molecular formula is C21H22N2O4. The highest BCUT2D eigenvalue weighted by atomic mass is 16.5. The van der Waals surface area contributed by atoms with Gasteiger partial charge in [-0.3, -0.25) is 14.4 Å². The molecule has 0 aliphatic carbocycles. The number of rotatable bonds is 6. The fourth-order valence-electron chi connectivity index (χ4n) is 3.22. The van der Waals surface area contributed by atoms with E-state index in [0.717, 1.165) is 6.42 Å². The molecule has 140 valence electrons. The van der Waals surface area contributed by atoms with Crippen LogP contribution in [-0.4, -0.2) is 31.3 Å². The van der Waals surface area contributed by atoms with Crippen LogP contribution >= 0.6 is 0 Å². The van der Waals surface area contributed by atoms with Crippen molar-refractivity contribution in [2.24, 2.45) is 0 Å². The number of carbonyl (C=O) groups is 3. The number of hydrogen-bond donors (Lipinski definition) is 1.